The molecule has 30 heavy (non-hydrogen) atoms. The van der Waals surface area contributed by atoms with Crippen LogP contribution in [0.15, 0.2) is 0 Å². The molecule has 4 amide bonds. The molecular formula is C21H35N3O5S. The van der Waals surface area contributed by atoms with Crippen LogP contribution in [-0.4, -0.2) is 72.2 Å². The van der Waals surface area contributed by atoms with Gasteiger partial charge in [-0.3, -0.25) is 14.5 Å². The van der Waals surface area contributed by atoms with Crippen LogP contribution in [0.3, 0.4) is 0 Å². The molecule has 0 aromatic heterocycles. The summed E-state index contributed by atoms with van der Waals surface area (Å²) in [6.45, 7) is 8.40. The van der Waals surface area contributed by atoms with Crippen molar-refractivity contribution in [2.24, 2.45) is 11.3 Å². The van der Waals surface area contributed by atoms with E-state index in [9.17, 15) is 22.8 Å². The van der Waals surface area contributed by atoms with E-state index in [1.54, 1.807) is 4.90 Å². The van der Waals surface area contributed by atoms with Crippen molar-refractivity contribution in [3.63, 3.8) is 0 Å². The molecule has 9 heteroatoms. The van der Waals surface area contributed by atoms with Gasteiger partial charge in [0.25, 0.3) is 5.91 Å². The van der Waals surface area contributed by atoms with E-state index >= 15 is 0 Å². The number of rotatable bonds is 6. The first-order valence-electron chi connectivity index (χ1n) is 11.0. The predicted molar refractivity (Wildman–Crippen MR) is 113 cm³/mol. The molecule has 0 radical (unpaired) electrons. The molecule has 1 spiro atoms. The smallest absolute Gasteiger partial charge is 0.325 e. The fourth-order valence-corrected chi connectivity index (χ4v) is 7.47. The molecule has 3 aliphatic rings. The zero-order valence-electron chi connectivity index (χ0n) is 18.6. The van der Waals surface area contributed by atoms with Gasteiger partial charge in [-0.05, 0) is 43.4 Å². The van der Waals surface area contributed by atoms with Crippen LogP contribution in [0.2, 0.25) is 0 Å². The summed E-state index contributed by atoms with van der Waals surface area (Å²) in [5.74, 6) is -0.354. The molecule has 0 bridgehead atoms. The Bertz CT molecular complexity index is 824. The average molecular weight is 442 g/mol. The van der Waals surface area contributed by atoms with Gasteiger partial charge in [0.1, 0.15) is 12.1 Å². The van der Waals surface area contributed by atoms with E-state index < -0.39 is 21.4 Å². The van der Waals surface area contributed by atoms with Crippen molar-refractivity contribution in [2.75, 3.05) is 24.6 Å². The van der Waals surface area contributed by atoms with Crippen LogP contribution < -0.4 is 5.32 Å². The first-order valence-corrected chi connectivity index (χ1v) is 12.8. The maximum Gasteiger partial charge on any atom is 0.325 e. The van der Waals surface area contributed by atoms with Crippen molar-refractivity contribution >= 4 is 27.7 Å². The van der Waals surface area contributed by atoms with Crippen molar-refractivity contribution < 1.29 is 22.8 Å². The van der Waals surface area contributed by atoms with Crippen molar-refractivity contribution in [1.82, 2.24) is 15.1 Å². The Labute approximate surface area is 179 Å². The molecule has 3 fully saturated rings. The number of amides is 4. The van der Waals surface area contributed by atoms with Crippen molar-refractivity contribution in [3.05, 3.63) is 0 Å². The van der Waals surface area contributed by atoms with Gasteiger partial charge in [0.2, 0.25) is 5.91 Å². The molecule has 3 atom stereocenters. The molecule has 1 saturated carbocycles. The number of unbranched alkanes of at least 4 members (excludes halogenated alkanes) is 1. The van der Waals surface area contributed by atoms with Crippen LogP contribution in [0, 0.1) is 11.3 Å². The average Bonchev–Trinajstić information content (AvgIpc) is 3.05. The zero-order chi connectivity index (χ0) is 22.3. The molecule has 3 unspecified atom stereocenters. The fourth-order valence-electron chi connectivity index (χ4n) is 5.74. The van der Waals surface area contributed by atoms with E-state index in [1.807, 2.05) is 6.92 Å². The number of nitrogens with zero attached hydrogens (tertiary/aromatic N) is 2. The minimum absolute atomic E-state index is 0.0434. The van der Waals surface area contributed by atoms with E-state index in [2.05, 4.69) is 26.1 Å². The lowest BCUT2D eigenvalue weighted by molar-refractivity contribution is -0.141. The maximum absolute atomic E-state index is 13.3. The van der Waals surface area contributed by atoms with Crippen molar-refractivity contribution in [2.45, 2.75) is 77.8 Å². The van der Waals surface area contributed by atoms with E-state index in [1.165, 1.54) is 0 Å². The van der Waals surface area contributed by atoms with Crippen LogP contribution in [-0.2, 0) is 19.4 Å². The molecule has 2 aliphatic heterocycles. The van der Waals surface area contributed by atoms with Gasteiger partial charge in [-0.15, -0.1) is 0 Å². The molecule has 8 nitrogen and oxygen atoms in total. The Hall–Kier alpha value is -1.64. The van der Waals surface area contributed by atoms with Crippen LogP contribution in [0.1, 0.15) is 66.2 Å². The van der Waals surface area contributed by atoms with Gasteiger partial charge in [-0.25, -0.2) is 13.2 Å². The van der Waals surface area contributed by atoms with Gasteiger partial charge in [0.15, 0.2) is 9.84 Å². The van der Waals surface area contributed by atoms with E-state index in [4.69, 9.17) is 0 Å². The highest BCUT2D eigenvalue weighted by atomic mass is 32.2. The maximum atomic E-state index is 13.3. The summed E-state index contributed by atoms with van der Waals surface area (Å²) in [5.41, 5.74) is -1.02. The van der Waals surface area contributed by atoms with Gasteiger partial charge >= 0.3 is 6.03 Å². The zero-order valence-corrected chi connectivity index (χ0v) is 19.4. The first kappa shape index (κ1) is 23.0. The summed E-state index contributed by atoms with van der Waals surface area (Å²) < 4.78 is 23.8. The van der Waals surface area contributed by atoms with Crippen molar-refractivity contribution in [3.8, 4) is 0 Å². The topological polar surface area (TPSA) is 104 Å². The summed E-state index contributed by atoms with van der Waals surface area (Å²) in [6.07, 6.45) is 4.14. The standard InChI is InChI=1S/C21H35N3O5S/c1-5-6-8-23(16-7-9-30(28,29)13-16)17(25)12-24-18(26)21(22-19(24)27)11-15(2)10-20(3,4)14-21/h15-16H,5-14H2,1-4H3,(H,22,27). The summed E-state index contributed by atoms with van der Waals surface area (Å²) in [4.78, 5) is 41.7. The normalized spacial score (nSPS) is 32.5. The third-order valence-electron chi connectivity index (χ3n) is 6.64. The number of hydrogen-bond acceptors (Lipinski definition) is 5. The SMILES string of the molecule is CCCCN(C(=O)CN1C(=O)NC2(CC(C)CC(C)(C)C2)C1=O)C1CCS(=O)(=O)C1. The molecule has 1 aliphatic carbocycles. The Morgan fingerprint density at radius 3 is 2.53 bits per heavy atom. The molecule has 2 saturated heterocycles. The van der Waals surface area contributed by atoms with E-state index in [0.717, 1.165) is 24.2 Å². The highest BCUT2D eigenvalue weighted by Crippen LogP contribution is 2.46. The van der Waals surface area contributed by atoms with Gasteiger partial charge in [-0.2, -0.15) is 0 Å². The summed E-state index contributed by atoms with van der Waals surface area (Å²) in [7, 11) is -3.14. The summed E-state index contributed by atoms with van der Waals surface area (Å²) in [5, 5.41) is 2.90. The number of nitrogens with one attached hydrogen (secondary N) is 1. The van der Waals surface area contributed by atoms with Crippen LogP contribution in [0.5, 0.6) is 0 Å². The number of carbonyl (C=O) groups is 3. The Morgan fingerprint density at radius 2 is 1.97 bits per heavy atom. The largest absolute Gasteiger partial charge is 0.337 e. The number of sulfone groups is 1. The molecule has 1 N–H and O–H groups in total. The van der Waals surface area contributed by atoms with Gasteiger partial charge in [0, 0.05) is 12.6 Å². The molecule has 170 valence electrons. The molecule has 0 aromatic rings. The third kappa shape index (κ3) is 4.65. The minimum Gasteiger partial charge on any atom is -0.337 e. The molecular weight excluding hydrogens is 406 g/mol. The summed E-state index contributed by atoms with van der Waals surface area (Å²) in [6, 6.07) is -0.898. The second-order valence-electron chi connectivity index (χ2n) is 10.3. The highest BCUT2D eigenvalue weighted by Gasteiger charge is 2.56. The fraction of sp³-hybridized carbons (Fsp3) is 0.857. The van der Waals surface area contributed by atoms with Gasteiger partial charge < -0.3 is 10.2 Å². The van der Waals surface area contributed by atoms with E-state index in [-0.39, 0.29) is 41.3 Å². The number of imide groups is 1. The molecule has 3 rings (SSSR count). The molecule has 0 aromatic carbocycles. The third-order valence-corrected chi connectivity index (χ3v) is 8.39. The van der Waals surface area contributed by atoms with Gasteiger partial charge in [0.05, 0.1) is 11.5 Å². The van der Waals surface area contributed by atoms with Crippen LogP contribution >= 0.6 is 0 Å². The minimum atomic E-state index is -3.14. The van der Waals surface area contributed by atoms with Crippen LogP contribution in [0.4, 0.5) is 4.79 Å². The second kappa shape index (κ2) is 8.13. The van der Waals surface area contributed by atoms with E-state index in [0.29, 0.717) is 31.7 Å². The second-order valence-corrected chi connectivity index (χ2v) is 12.5. The predicted octanol–water partition coefficient (Wildman–Crippen LogP) is 1.94. The lowest BCUT2D eigenvalue weighted by Gasteiger charge is -2.43. The number of urea groups is 1. The van der Waals surface area contributed by atoms with Crippen LogP contribution in [0.25, 0.3) is 0 Å². The Balaban J connectivity index is 1.76. The Morgan fingerprint density at radius 1 is 1.27 bits per heavy atom. The highest BCUT2D eigenvalue weighted by molar-refractivity contribution is 7.91. The number of carbonyl (C=O) groups excluding carboxylic acids is 3. The van der Waals surface area contributed by atoms with Crippen molar-refractivity contribution in [1.29, 1.82) is 0 Å². The quantitative estimate of drug-likeness (QED) is 0.635. The first-order chi connectivity index (χ1) is 13.9. The summed E-state index contributed by atoms with van der Waals surface area (Å²) >= 11 is 0. The Kier molecular flexibility index (Phi) is 6.24. The van der Waals surface area contributed by atoms with Gasteiger partial charge in [-0.1, -0.05) is 34.1 Å². The number of hydrogen-bond donors (Lipinski definition) is 1. The monoisotopic (exact) mass is 441 g/mol. The molecule has 2 heterocycles. The lowest BCUT2D eigenvalue weighted by atomic mass is 9.64. The lowest BCUT2D eigenvalue weighted by Crippen LogP contribution is -2.54.